The van der Waals surface area contributed by atoms with Gasteiger partial charge in [-0.05, 0) is 42.0 Å². The summed E-state index contributed by atoms with van der Waals surface area (Å²) in [4.78, 5) is 32.3. The van der Waals surface area contributed by atoms with Crippen LogP contribution in [0.4, 0.5) is 0 Å². The maximum absolute atomic E-state index is 13.5. The smallest absolute Gasteiger partial charge is 0.236 e. The number of rotatable bonds is 4. The molecule has 0 radical (unpaired) electrons. The standard InChI is InChI=1S/C26H23N3O3S/c1-15(30)19-5-4-6-20(28-19)18-12-22(33-14-18)26(2)13-23(27)29(3)25(31)24(26)17-7-8-21-16(11-17)9-10-32-21/h4-12,14,24,27H,13H2,1-3H3/t24?,26-/m1/s1. The lowest BCUT2D eigenvalue weighted by Gasteiger charge is -2.44. The van der Waals surface area contributed by atoms with Gasteiger partial charge in [0.1, 0.15) is 17.1 Å². The molecule has 0 bridgehead atoms. The van der Waals surface area contributed by atoms with Gasteiger partial charge in [-0.25, -0.2) is 4.98 Å². The van der Waals surface area contributed by atoms with Crippen molar-refractivity contribution in [2.24, 2.45) is 0 Å². The summed E-state index contributed by atoms with van der Waals surface area (Å²) in [6, 6.07) is 15.2. The molecule has 1 aromatic carbocycles. The van der Waals surface area contributed by atoms with E-state index in [0.717, 1.165) is 32.7 Å². The second-order valence-electron chi connectivity index (χ2n) is 8.75. The fourth-order valence-corrected chi connectivity index (χ4v) is 5.73. The van der Waals surface area contributed by atoms with Crippen molar-refractivity contribution in [1.29, 1.82) is 5.41 Å². The monoisotopic (exact) mass is 457 g/mol. The van der Waals surface area contributed by atoms with Crippen molar-refractivity contribution in [1.82, 2.24) is 9.88 Å². The van der Waals surface area contributed by atoms with Gasteiger partial charge in [-0.1, -0.05) is 19.1 Å². The molecular weight excluding hydrogens is 434 g/mol. The van der Waals surface area contributed by atoms with Crippen molar-refractivity contribution < 1.29 is 14.0 Å². The minimum Gasteiger partial charge on any atom is -0.464 e. The van der Waals surface area contributed by atoms with E-state index in [1.165, 1.54) is 11.8 Å². The highest BCUT2D eigenvalue weighted by Gasteiger charge is 2.49. The number of pyridine rings is 1. The van der Waals surface area contributed by atoms with Gasteiger partial charge < -0.3 is 9.32 Å². The van der Waals surface area contributed by atoms with Gasteiger partial charge in [0.15, 0.2) is 5.78 Å². The summed E-state index contributed by atoms with van der Waals surface area (Å²) >= 11 is 1.56. The quantitative estimate of drug-likeness (QED) is 0.402. The SMILES string of the molecule is CC(=O)c1cccc(-c2csc([C@@]3(C)CC(=N)N(C)C(=O)C3c3ccc4occc4c3)c2)n1. The van der Waals surface area contributed by atoms with E-state index in [9.17, 15) is 9.59 Å². The molecule has 2 atom stereocenters. The van der Waals surface area contributed by atoms with Crippen LogP contribution in [0.2, 0.25) is 0 Å². The molecule has 1 N–H and O–H groups in total. The molecule has 0 aliphatic carbocycles. The van der Waals surface area contributed by atoms with E-state index in [4.69, 9.17) is 9.83 Å². The summed E-state index contributed by atoms with van der Waals surface area (Å²) in [7, 11) is 1.67. The fraction of sp³-hybridized carbons (Fsp3) is 0.231. The van der Waals surface area contributed by atoms with E-state index in [0.29, 0.717) is 18.0 Å². The Bertz CT molecular complexity index is 1420. The molecule has 1 fully saturated rings. The number of ketones is 1. The molecule has 5 rings (SSSR count). The highest BCUT2D eigenvalue weighted by Crippen LogP contribution is 2.49. The van der Waals surface area contributed by atoms with Crippen LogP contribution in [0.1, 0.15) is 47.1 Å². The van der Waals surface area contributed by atoms with Crippen LogP contribution < -0.4 is 0 Å². The minimum atomic E-state index is -0.598. The molecule has 166 valence electrons. The maximum Gasteiger partial charge on any atom is 0.236 e. The second kappa shape index (κ2) is 7.78. The van der Waals surface area contributed by atoms with Crippen molar-refractivity contribution in [2.45, 2.75) is 31.6 Å². The summed E-state index contributed by atoms with van der Waals surface area (Å²) in [5.74, 6) is -0.319. The number of Topliss-reactive ketones (excluding diaryl/α,β-unsaturated/α-hetero) is 1. The van der Waals surface area contributed by atoms with Gasteiger partial charge in [0.2, 0.25) is 5.91 Å². The summed E-state index contributed by atoms with van der Waals surface area (Å²) in [6.07, 6.45) is 2.08. The number of likely N-dealkylation sites (N-methyl/N-ethyl adjacent to an activating group) is 1. The predicted octanol–water partition coefficient (Wildman–Crippen LogP) is 5.64. The first-order chi connectivity index (χ1) is 15.8. The molecule has 0 saturated carbocycles. The fourth-order valence-electron chi connectivity index (χ4n) is 4.63. The Balaban J connectivity index is 1.61. The van der Waals surface area contributed by atoms with Crippen LogP contribution in [0.25, 0.3) is 22.2 Å². The van der Waals surface area contributed by atoms with Crippen LogP contribution in [0.5, 0.6) is 0 Å². The summed E-state index contributed by atoms with van der Waals surface area (Å²) in [6.45, 7) is 3.56. The summed E-state index contributed by atoms with van der Waals surface area (Å²) < 4.78 is 5.48. The minimum absolute atomic E-state index is 0.0802. The zero-order chi connectivity index (χ0) is 23.3. The third kappa shape index (κ3) is 3.49. The van der Waals surface area contributed by atoms with Gasteiger partial charge in [-0.2, -0.15) is 0 Å². The molecule has 33 heavy (non-hydrogen) atoms. The van der Waals surface area contributed by atoms with Crippen molar-refractivity contribution in [2.75, 3.05) is 7.05 Å². The lowest BCUT2D eigenvalue weighted by atomic mass is 9.67. The molecule has 4 heterocycles. The molecule has 0 spiro atoms. The van der Waals surface area contributed by atoms with Crippen LogP contribution in [-0.4, -0.2) is 34.5 Å². The third-order valence-electron chi connectivity index (χ3n) is 6.53. The number of hydrogen-bond acceptors (Lipinski definition) is 6. The van der Waals surface area contributed by atoms with Crippen molar-refractivity contribution >= 4 is 39.8 Å². The van der Waals surface area contributed by atoms with Crippen LogP contribution in [0.15, 0.2) is 64.6 Å². The largest absolute Gasteiger partial charge is 0.464 e. The first-order valence-electron chi connectivity index (χ1n) is 10.7. The number of nitrogens with zero attached hydrogens (tertiary/aromatic N) is 2. The Hall–Kier alpha value is -3.58. The van der Waals surface area contributed by atoms with Crippen molar-refractivity contribution in [3.63, 3.8) is 0 Å². The van der Waals surface area contributed by atoms with E-state index < -0.39 is 11.3 Å². The Morgan fingerprint density at radius 3 is 2.85 bits per heavy atom. The Morgan fingerprint density at radius 1 is 1.24 bits per heavy atom. The number of piperidine rings is 1. The van der Waals surface area contributed by atoms with E-state index in [1.54, 1.807) is 30.7 Å². The molecule has 3 aromatic heterocycles. The number of fused-ring (bicyclic) bond motifs is 1. The van der Waals surface area contributed by atoms with Crippen LogP contribution in [0.3, 0.4) is 0 Å². The van der Waals surface area contributed by atoms with Crippen LogP contribution in [-0.2, 0) is 10.2 Å². The lowest BCUT2D eigenvalue weighted by molar-refractivity contribution is -0.131. The van der Waals surface area contributed by atoms with Gasteiger partial charge in [-0.3, -0.25) is 15.0 Å². The Labute approximate surface area is 195 Å². The molecule has 1 aliphatic heterocycles. The third-order valence-corrected chi connectivity index (χ3v) is 7.74. The van der Waals surface area contributed by atoms with Crippen molar-refractivity contribution in [3.8, 4) is 11.3 Å². The molecular formula is C26H23N3O3S. The zero-order valence-electron chi connectivity index (χ0n) is 18.6. The summed E-state index contributed by atoms with van der Waals surface area (Å²) in [5, 5.41) is 11.4. The molecule has 1 unspecified atom stereocenters. The predicted molar refractivity (Wildman–Crippen MR) is 129 cm³/mol. The van der Waals surface area contributed by atoms with Gasteiger partial charge >= 0.3 is 0 Å². The van der Waals surface area contributed by atoms with E-state index in [-0.39, 0.29) is 11.7 Å². The number of aromatic nitrogens is 1. The molecule has 1 aliphatic rings. The zero-order valence-corrected chi connectivity index (χ0v) is 19.4. The van der Waals surface area contributed by atoms with Gasteiger partial charge in [-0.15, -0.1) is 11.3 Å². The molecule has 7 heteroatoms. The number of carbonyl (C=O) groups excluding carboxylic acids is 2. The van der Waals surface area contributed by atoms with Gasteiger partial charge in [0, 0.05) is 47.0 Å². The number of amidine groups is 1. The van der Waals surface area contributed by atoms with E-state index in [2.05, 4.69) is 11.9 Å². The molecule has 1 saturated heterocycles. The number of furan rings is 1. The number of amides is 1. The molecule has 6 nitrogen and oxygen atoms in total. The molecule has 4 aromatic rings. The molecule has 1 amide bonds. The van der Waals surface area contributed by atoms with Gasteiger partial charge in [0.25, 0.3) is 0 Å². The average Bonchev–Trinajstić information content (AvgIpc) is 3.47. The number of benzene rings is 1. The average molecular weight is 458 g/mol. The van der Waals surface area contributed by atoms with E-state index in [1.807, 2.05) is 47.8 Å². The Morgan fingerprint density at radius 2 is 2.06 bits per heavy atom. The lowest BCUT2D eigenvalue weighted by Crippen LogP contribution is -2.51. The topological polar surface area (TPSA) is 87.3 Å². The number of thiophene rings is 1. The number of likely N-dealkylation sites (tertiary alicyclic amines) is 1. The first-order valence-corrected chi connectivity index (χ1v) is 11.6. The number of nitrogens with one attached hydrogen (secondary N) is 1. The highest BCUT2D eigenvalue weighted by atomic mass is 32.1. The maximum atomic E-state index is 13.5. The normalized spacial score (nSPS) is 21.1. The van der Waals surface area contributed by atoms with Crippen LogP contribution >= 0.6 is 11.3 Å². The summed E-state index contributed by atoms with van der Waals surface area (Å²) in [5.41, 5.74) is 3.14. The number of carbonyl (C=O) groups is 2. The first kappa shape index (κ1) is 21.3. The van der Waals surface area contributed by atoms with Crippen molar-refractivity contribution in [3.05, 3.63) is 76.3 Å². The van der Waals surface area contributed by atoms with Crippen LogP contribution in [0, 0.1) is 5.41 Å². The number of hydrogen-bond donors (Lipinski definition) is 1. The van der Waals surface area contributed by atoms with E-state index >= 15 is 0 Å². The highest BCUT2D eigenvalue weighted by molar-refractivity contribution is 7.10. The Kier molecular flexibility index (Phi) is 5.01. The van der Waals surface area contributed by atoms with Gasteiger partial charge in [0.05, 0.1) is 17.9 Å². The second-order valence-corrected chi connectivity index (χ2v) is 9.66.